The molecule has 0 amide bonds. The van der Waals surface area contributed by atoms with Crippen molar-refractivity contribution in [1.82, 2.24) is 0 Å². The van der Waals surface area contributed by atoms with Gasteiger partial charge >= 0.3 is 23.9 Å². The maximum atomic E-state index is 11.5. The molecule has 10 heteroatoms. The van der Waals surface area contributed by atoms with Gasteiger partial charge < -0.3 is 28.4 Å². The van der Waals surface area contributed by atoms with Crippen LogP contribution in [0.25, 0.3) is 0 Å². The first-order valence-electron chi connectivity index (χ1n) is 7.49. The quantitative estimate of drug-likeness (QED) is 0.460. The van der Waals surface area contributed by atoms with Crippen molar-refractivity contribution in [2.45, 2.75) is 58.4 Å². The van der Waals surface area contributed by atoms with Gasteiger partial charge in [0.2, 0.25) is 12.4 Å². The number of hydrogen-bond donors (Lipinski definition) is 0. The number of methoxy groups -OCH3 is 1. The Labute approximate surface area is 144 Å². The van der Waals surface area contributed by atoms with E-state index >= 15 is 0 Å². The molecule has 0 N–H and O–H groups in total. The molecule has 5 atom stereocenters. The molecule has 0 aromatic heterocycles. The molecule has 1 fully saturated rings. The number of hydrogen-bond acceptors (Lipinski definition) is 10. The summed E-state index contributed by atoms with van der Waals surface area (Å²) in [6.07, 6.45) is -5.60. The number of carbonyl (C=O) groups excluding carboxylic acids is 4. The van der Waals surface area contributed by atoms with Crippen molar-refractivity contribution in [3.8, 4) is 0 Å². The second kappa shape index (κ2) is 9.33. The molecule has 10 nitrogen and oxygen atoms in total. The highest BCUT2D eigenvalue weighted by Crippen LogP contribution is 2.29. The summed E-state index contributed by atoms with van der Waals surface area (Å²) in [5.74, 6) is -2.63. The Morgan fingerprint density at radius 3 is 1.72 bits per heavy atom. The lowest BCUT2D eigenvalue weighted by molar-refractivity contribution is -0.301. The molecule has 1 saturated heterocycles. The summed E-state index contributed by atoms with van der Waals surface area (Å²) >= 11 is 0. The average Bonchev–Trinajstić information content (AvgIpc) is 2.47. The van der Waals surface area contributed by atoms with Gasteiger partial charge in [-0.3, -0.25) is 19.2 Å². The minimum Gasteiger partial charge on any atom is -0.463 e. The average molecular weight is 362 g/mol. The Balaban J connectivity index is 3.16. The molecule has 142 valence electrons. The predicted molar refractivity (Wildman–Crippen MR) is 79.0 cm³/mol. The fraction of sp³-hybridized carbons (Fsp3) is 0.733. The first kappa shape index (κ1) is 20.8. The fourth-order valence-electron chi connectivity index (χ4n) is 2.40. The Kier molecular flexibility index (Phi) is 7.78. The van der Waals surface area contributed by atoms with Crippen molar-refractivity contribution in [3.05, 3.63) is 0 Å². The maximum absolute atomic E-state index is 11.5. The topological polar surface area (TPSA) is 124 Å². The Morgan fingerprint density at radius 2 is 1.28 bits per heavy atom. The van der Waals surface area contributed by atoms with Crippen molar-refractivity contribution in [1.29, 1.82) is 0 Å². The van der Waals surface area contributed by atoms with Gasteiger partial charge in [-0.05, 0) is 0 Å². The minimum atomic E-state index is -1.36. The molecule has 0 saturated carbocycles. The fourth-order valence-corrected chi connectivity index (χ4v) is 2.40. The van der Waals surface area contributed by atoms with E-state index in [0.29, 0.717) is 0 Å². The van der Waals surface area contributed by atoms with Crippen molar-refractivity contribution >= 4 is 23.9 Å². The highest BCUT2D eigenvalue weighted by molar-refractivity contribution is 5.68. The van der Waals surface area contributed by atoms with Crippen molar-refractivity contribution in [3.63, 3.8) is 0 Å². The van der Waals surface area contributed by atoms with E-state index in [0.717, 1.165) is 20.8 Å². The SMILES string of the molecule is COC1C(COC(C)=O)OC(OC(C)=O)C(OC(C)=O)C1OC(C)=O. The van der Waals surface area contributed by atoms with Crippen LogP contribution in [0.4, 0.5) is 0 Å². The van der Waals surface area contributed by atoms with Gasteiger partial charge in [-0.25, -0.2) is 0 Å². The van der Waals surface area contributed by atoms with Gasteiger partial charge in [-0.15, -0.1) is 0 Å². The van der Waals surface area contributed by atoms with E-state index in [2.05, 4.69) is 0 Å². The van der Waals surface area contributed by atoms with Crippen LogP contribution in [-0.2, 0) is 47.6 Å². The highest BCUT2D eigenvalue weighted by Gasteiger charge is 2.52. The summed E-state index contributed by atoms with van der Waals surface area (Å²) in [4.78, 5) is 45.2. The molecular weight excluding hydrogens is 340 g/mol. The van der Waals surface area contributed by atoms with Gasteiger partial charge in [0.15, 0.2) is 6.10 Å². The molecule has 1 rings (SSSR count). The molecule has 0 radical (unpaired) electrons. The van der Waals surface area contributed by atoms with Crippen LogP contribution in [0.2, 0.25) is 0 Å². The molecule has 0 bridgehead atoms. The molecule has 0 aromatic rings. The Hall–Kier alpha value is -2.20. The van der Waals surface area contributed by atoms with Crippen LogP contribution >= 0.6 is 0 Å². The number of ether oxygens (including phenoxy) is 6. The van der Waals surface area contributed by atoms with Crippen LogP contribution in [0.1, 0.15) is 27.7 Å². The van der Waals surface area contributed by atoms with Gasteiger partial charge in [0.1, 0.15) is 18.8 Å². The molecular formula is C15H22O10. The third-order valence-corrected chi connectivity index (χ3v) is 3.20. The van der Waals surface area contributed by atoms with Crippen LogP contribution in [0.3, 0.4) is 0 Å². The van der Waals surface area contributed by atoms with Crippen molar-refractivity contribution in [2.24, 2.45) is 0 Å². The van der Waals surface area contributed by atoms with E-state index in [4.69, 9.17) is 28.4 Å². The van der Waals surface area contributed by atoms with E-state index in [1.807, 2.05) is 0 Å². The van der Waals surface area contributed by atoms with Crippen LogP contribution in [0, 0.1) is 0 Å². The highest BCUT2D eigenvalue weighted by atomic mass is 16.7. The van der Waals surface area contributed by atoms with Gasteiger partial charge in [-0.2, -0.15) is 0 Å². The third-order valence-electron chi connectivity index (χ3n) is 3.20. The number of carbonyl (C=O) groups is 4. The van der Waals surface area contributed by atoms with E-state index < -0.39 is 54.6 Å². The minimum absolute atomic E-state index is 0.240. The first-order chi connectivity index (χ1) is 11.6. The number of esters is 4. The molecule has 1 aliphatic rings. The summed E-state index contributed by atoms with van der Waals surface area (Å²) in [7, 11) is 1.32. The van der Waals surface area contributed by atoms with Crippen molar-refractivity contribution < 1.29 is 47.6 Å². The van der Waals surface area contributed by atoms with E-state index in [1.165, 1.54) is 14.0 Å². The van der Waals surface area contributed by atoms with Crippen LogP contribution < -0.4 is 0 Å². The molecule has 0 spiro atoms. The maximum Gasteiger partial charge on any atom is 0.305 e. The Morgan fingerprint density at radius 1 is 0.760 bits per heavy atom. The number of rotatable bonds is 6. The summed E-state index contributed by atoms with van der Waals surface area (Å²) in [6, 6.07) is 0. The molecule has 0 aliphatic carbocycles. The van der Waals surface area contributed by atoms with Gasteiger partial charge in [-0.1, -0.05) is 0 Å². The zero-order chi connectivity index (χ0) is 19.1. The second-order valence-corrected chi connectivity index (χ2v) is 5.30. The summed E-state index contributed by atoms with van der Waals surface area (Å²) < 4.78 is 31.1. The van der Waals surface area contributed by atoms with Crippen LogP contribution in [0.5, 0.6) is 0 Å². The predicted octanol–water partition coefficient (Wildman–Crippen LogP) is -0.284. The van der Waals surface area contributed by atoms with Crippen molar-refractivity contribution in [2.75, 3.05) is 13.7 Å². The zero-order valence-electron chi connectivity index (χ0n) is 14.7. The lowest BCUT2D eigenvalue weighted by atomic mass is 9.98. The lowest BCUT2D eigenvalue weighted by Gasteiger charge is -2.43. The summed E-state index contributed by atoms with van der Waals surface area (Å²) in [5.41, 5.74) is 0. The summed E-state index contributed by atoms with van der Waals surface area (Å²) in [6.45, 7) is 4.41. The molecule has 1 heterocycles. The van der Waals surface area contributed by atoms with E-state index in [1.54, 1.807) is 0 Å². The molecule has 5 unspecified atom stereocenters. The third kappa shape index (κ3) is 6.31. The monoisotopic (exact) mass is 362 g/mol. The molecule has 25 heavy (non-hydrogen) atoms. The van der Waals surface area contributed by atoms with Gasteiger partial charge in [0.25, 0.3) is 0 Å². The standard InChI is InChI=1S/C15H22O10/c1-7(16)21-6-11-12(20-5)13(22-8(2)17)14(23-9(3)18)15(25-11)24-10(4)19/h11-15H,6H2,1-5H3. The molecule has 0 aromatic carbocycles. The van der Waals surface area contributed by atoms with Crippen LogP contribution in [0.15, 0.2) is 0 Å². The normalized spacial score (nSPS) is 28.6. The van der Waals surface area contributed by atoms with Gasteiger partial charge in [0.05, 0.1) is 0 Å². The van der Waals surface area contributed by atoms with Crippen LogP contribution in [-0.4, -0.2) is 68.3 Å². The van der Waals surface area contributed by atoms with E-state index in [9.17, 15) is 19.2 Å². The lowest BCUT2D eigenvalue weighted by Crippen LogP contribution is -2.62. The smallest absolute Gasteiger partial charge is 0.305 e. The van der Waals surface area contributed by atoms with Gasteiger partial charge in [0, 0.05) is 34.8 Å². The second-order valence-electron chi connectivity index (χ2n) is 5.30. The first-order valence-corrected chi connectivity index (χ1v) is 7.49. The largest absolute Gasteiger partial charge is 0.463 e. The van der Waals surface area contributed by atoms with E-state index in [-0.39, 0.29) is 6.61 Å². The zero-order valence-corrected chi connectivity index (χ0v) is 14.7. The summed E-state index contributed by atoms with van der Waals surface area (Å²) in [5, 5.41) is 0. The Bertz CT molecular complexity index is 516. The molecule has 1 aliphatic heterocycles.